The highest BCUT2D eigenvalue weighted by Crippen LogP contribution is 2.31. The van der Waals surface area contributed by atoms with Gasteiger partial charge in [-0.1, -0.05) is 6.07 Å². The molecule has 1 fully saturated rings. The number of halogens is 5. The lowest BCUT2D eigenvalue weighted by Gasteiger charge is -2.37. The van der Waals surface area contributed by atoms with Crippen LogP contribution in [0.3, 0.4) is 0 Å². The summed E-state index contributed by atoms with van der Waals surface area (Å²) in [5.41, 5.74) is -0.866. The Kier molecular flexibility index (Phi) is 7.02. The molecule has 0 aliphatic carbocycles. The van der Waals surface area contributed by atoms with Gasteiger partial charge in [0.1, 0.15) is 22.7 Å². The zero-order valence-electron chi connectivity index (χ0n) is 17.0. The molecule has 3 rings (SSSR count). The summed E-state index contributed by atoms with van der Waals surface area (Å²) in [6.07, 6.45) is 0. The molecule has 12 heteroatoms. The van der Waals surface area contributed by atoms with Crippen molar-refractivity contribution in [3.05, 3.63) is 52.8 Å². The molecule has 0 unspecified atom stereocenters. The third kappa shape index (κ3) is 4.27. The van der Waals surface area contributed by atoms with E-state index in [0.29, 0.717) is 0 Å². The van der Waals surface area contributed by atoms with E-state index in [2.05, 4.69) is 5.32 Å². The summed E-state index contributed by atoms with van der Waals surface area (Å²) in [4.78, 5) is 15.3. The SMILES string of the molecule is COc1cccc(OC)c1C(=O)NC(=S)N1CCN(c2c(F)c(F)c(F)c(F)c2F)CC1. The van der Waals surface area contributed by atoms with Crippen molar-refractivity contribution in [2.75, 3.05) is 45.3 Å². The minimum absolute atomic E-state index is 0.0278. The third-order valence-corrected chi connectivity index (χ3v) is 5.31. The van der Waals surface area contributed by atoms with E-state index >= 15 is 0 Å². The van der Waals surface area contributed by atoms with Crippen LogP contribution >= 0.6 is 12.2 Å². The van der Waals surface area contributed by atoms with Gasteiger partial charge in [-0.05, 0) is 24.4 Å². The Morgan fingerprint density at radius 2 is 1.34 bits per heavy atom. The molecule has 1 N–H and O–H groups in total. The molecular formula is C20H18F5N3O3S. The van der Waals surface area contributed by atoms with Crippen molar-refractivity contribution in [3.63, 3.8) is 0 Å². The number of anilines is 1. The Morgan fingerprint density at radius 1 is 0.875 bits per heavy atom. The molecule has 1 aliphatic heterocycles. The minimum Gasteiger partial charge on any atom is -0.496 e. The average molecular weight is 475 g/mol. The number of nitrogens with one attached hydrogen (secondary N) is 1. The van der Waals surface area contributed by atoms with Gasteiger partial charge in [0.15, 0.2) is 28.4 Å². The van der Waals surface area contributed by atoms with Crippen molar-refractivity contribution in [2.45, 2.75) is 0 Å². The van der Waals surface area contributed by atoms with E-state index in [-0.39, 0.29) is 48.4 Å². The molecule has 172 valence electrons. The van der Waals surface area contributed by atoms with E-state index in [9.17, 15) is 26.7 Å². The Bertz CT molecular complexity index is 1010. The molecule has 0 bridgehead atoms. The normalized spacial score (nSPS) is 13.7. The first kappa shape index (κ1) is 23.5. The first-order chi connectivity index (χ1) is 15.2. The average Bonchev–Trinajstić information content (AvgIpc) is 2.81. The predicted octanol–water partition coefficient (Wildman–Crippen LogP) is 3.24. The predicted molar refractivity (Wildman–Crippen MR) is 110 cm³/mol. The van der Waals surface area contributed by atoms with Gasteiger partial charge in [0.05, 0.1) is 14.2 Å². The highest BCUT2D eigenvalue weighted by atomic mass is 32.1. The van der Waals surface area contributed by atoms with Gasteiger partial charge in [-0.15, -0.1) is 0 Å². The largest absolute Gasteiger partial charge is 0.496 e. The number of carbonyl (C=O) groups is 1. The molecule has 2 aromatic carbocycles. The highest BCUT2D eigenvalue weighted by Gasteiger charge is 2.31. The first-order valence-electron chi connectivity index (χ1n) is 9.28. The van der Waals surface area contributed by atoms with Gasteiger partial charge < -0.3 is 19.3 Å². The molecule has 1 saturated heterocycles. The van der Waals surface area contributed by atoms with Crippen LogP contribution in [0.15, 0.2) is 18.2 Å². The van der Waals surface area contributed by atoms with Crippen LogP contribution in [0.5, 0.6) is 11.5 Å². The standard InChI is InChI=1S/C20H18F5N3O3S/c1-30-10-4-3-5-11(31-2)12(10)19(29)26-20(32)28-8-6-27(7-9-28)18-16(24)14(22)13(21)15(23)17(18)25/h3-5H,6-9H2,1-2H3,(H,26,29,32). The van der Waals surface area contributed by atoms with Gasteiger partial charge in [0.2, 0.25) is 5.82 Å². The fourth-order valence-electron chi connectivity index (χ4n) is 3.32. The molecule has 0 spiro atoms. The summed E-state index contributed by atoms with van der Waals surface area (Å²) in [6, 6.07) is 4.79. The molecule has 32 heavy (non-hydrogen) atoms. The summed E-state index contributed by atoms with van der Waals surface area (Å²) in [5, 5.41) is 2.57. The van der Waals surface area contributed by atoms with Crippen LogP contribution in [-0.4, -0.2) is 56.3 Å². The minimum atomic E-state index is -2.21. The van der Waals surface area contributed by atoms with Crippen LogP contribution in [-0.2, 0) is 0 Å². The van der Waals surface area contributed by atoms with Crippen LogP contribution in [0.2, 0.25) is 0 Å². The van der Waals surface area contributed by atoms with Crippen molar-refractivity contribution in [3.8, 4) is 11.5 Å². The van der Waals surface area contributed by atoms with E-state index in [1.54, 1.807) is 18.2 Å². The van der Waals surface area contributed by atoms with Crippen LogP contribution in [0, 0.1) is 29.1 Å². The molecule has 6 nitrogen and oxygen atoms in total. The fraction of sp³-hybridized carbons (Fsp3) is 0.300. The second-order valence-electron chi connectivity index (χ2n) is 6.69. The molecule has 0 radical (unpaired) electrons. The lowest BCUT2D eigenvalue weighted by molar-refractivity contribution is 0.0967. The van der Waals surface area contributed by atoms with Gasteiger partial charge in [-0.2, -0.15) is 0 Å². The van der Waals surface area contributed by atoms with Crippen LogP contribution < -0.4 is 19.7 Å². The van der Waals surface area contributed by atoms with Crippen molar-refractivity contribution in [1.29, 1.82) is 0 Å². The topological polar surface area (TPSA) is 54.0 Å². The summed E-state index contributed by atoms with van der Waals surface area (Å²) >= 11 is 5.25. The maximum Gasteiger partial charge on any atom is 0.264 e. The summed E-state index contributed by atoms with van der Waals surface area (Å²) in [5.74, 6) is -10.1. The number of hydrogen-bond acceptors (Lipinski definition) is 5. The molecular weight excluding hydrogens is 457 g/mol. The number of piperazine rings is 1. The fourth-order valence-corrected chi connectivity index (χ4v) is 3.59. The lowest BCUT2D eigenvalue weighted by Crippen LogP contribution is -2.53. The summed E-state index contributed by atoms with van der Waals surface area (Å²) in [7, 11) is 2.78. The van der Waals surface area contributed by atoms with Gasteiger partial charge in [0.25, 0.3) is 5.91 Å². The zero-order chi connectivity index (χ0) is 23.6. The Hall–Kier alpha value is -3.15. The number of amides is 1. The smallest absolute Gasteiger partial charge is 0.264 e. The quantitative estimate of drug-likeness (QED) is 0.317. The summed E-state index contributed by atoms with van der Waals surface area (Å²) in [6.45, 7) is -0.0397. The van der Waals surface area contributed by atoms with Crippen molar-refractivity contribution in [2.24, 2.45) is 0 Å². The number of rotatable bonds is 4. The molecule has 2 aromatic rings. The van der Waals surface area contributed by atoms with Crippen molar-refractivity contribution >= 4 is 28.9 Å². The van der Waals surface area contributed by atoms with E-state index in [0.717, 1.165) is 4.90 Å². The number of hydrogen-bond donors (Lipinski definition) is 1. The lowest BCUT2D eigenvalue weighted by atomic mass is 10.1. The third-order valence-electron chi connectivity index (χ3n) is 4.95. The van der Waals surface area contributed by atoms with Crippen molar-refractivity contribution < 1.29 is 36.2 Å². The van der Waals surface area contributed by atoms with Gasteiger partial charge >= 0.3 is 0 Å². The number of nitrogens with zero attached hydrogens (tertiary/aromatic N) is 2. The van der Waals surface area contributed by atoms with Crippen LogP contribution in [0.25, 0.3) is 0 Å². The van der Waals surface area contributed by atoms with Gasteiger partial charge in [0, 0.05) is 26.2 Å². The zero-order valence-corrected chi connectivity index (χ0v) is 17.8. The van der Waals surface area contributed by atoms with Gasteiger partial charge in [-0.25, -0.2) is 22.0 Å². The Balaban J connectivity index is 1.71. The van der Waals surface area contributed by atoms with E-state index in [1.165, 1.54) is 19.1 Å². The number of carbonyl (C=O) groups excluding carboxylic acids is 1. The second-order valence-corrected chi connectivity index (χ2v) is 7.08. The van der Waals surface area contributed by atoms with E-state index in [1.807, 2.05) is 0 Å². The Labute approximate surface area is 185 Å². The van der Waals surface area contributed by atoms with Crippen molar-refractivity contribution in [1.82, 2.24) is 10.2 Å². The number of thiocarbonyl (C=S) groups is 1. The first-order valence-corrected chi connectivity index (χ1v) is 9.69. The summed E-state index contributed by atoms with van der Waals surface area (Å²) < 4.78 is 78.8. The second kappa shape index (κ2) is 9.55. The maximum absolute atomic E-state index is 14.1. The number of methoxy groups -OCH3 is 2. The number of benzene rings is 2. The molecule has 0 saturated carbocycles. The number of ether oxygens (including phenoxy) is 2. The molecule has 0 atom stereocenters. The monoisotopic (exact) mass is 475 g/mol. The maximum atomic E-state index is 14.1. The molecule has 1 heterocycles. The van der Waals surface area contributed by atoms with Gasteiger partial charge in [-0.3, -0.25) is 10.1 Å². The molecule has 1 amide bonds. The van der Waals surface area contributed by atoms with E-state index in [4.69, 9.17) is 21.7 Å². The highest BCUT2D eigenvalue weighted by molar-refractivity contribution is 7.80. The Morgan fingerprint density at radius 3 is 1.81 bits per heavy atom. The van der Waals surface area contributed by atoms with E-state index < -0.39 is 40.7 Å². The molecule has 1 aliphatic rings. The molecule has 0 aromatic heterocycles. The van der Waals surface area contributed by atoms with Crippen LogP contribution in [0.1, 0.15) is 10.4 Å². The van der Waals surface area contributed by atoms with Crippen LogP contribution in [0.4, 0.5) is 27.6 Å².